The zero-order valence-corrected chi connectivity index (χ0v) is 15.6. The molecule has 1 aliphatic heterocycles. The van der Waals surface area contributed by atoms with Gasteiger partial charge in [0.25, 0.3) is 0 Å². The molecule has 1 aliphatic rings. The first kappa shape index (κ1) is 18.3. The molecule has 8 heteroatoms. The molecule has 8 nitrogen and oxygen atoms in total. The Kier molecular flexibility index (Phi) is 5.82. The summed E-state index contributed by atoms with van der Waals surface area (Å²) in [6.07, 6.45) is 6.38. The van der Waals surface area contributed by atoms with Gasteiger partial charge in [0, 0.05) is 32.3 Å². The highest BCUT2D eigenvalue weighted by atomic mass is 16.5. The molecule has 1 unspecified atom stereocenters. The first-order chi connectivity index (χ1) is 12.5. The van der Waals surface area contributed by atoms with Crippen molar-refractivity contribution in [3.63, 3.8) is 0 Å². The average Bonchev–Trinajstić information content (AvgIpc) is 2.85. The number of carbonyl (C=O) groups excluding carboxylic acids is 1. The minimum absolute atomic E-state index is 0.0607. The van der Waals surface area contributed by atoms with Crippen molar-refractivity contribution in [2.75, 3.05) is 25.5 Å². The van der Waals surface area contributed by atoms with E-state index < -0.39 is 0 Å². The van der Waals surface area contributed by atoms with E-state index in [9.17, 15) is 4.79 Å². The highest BCUT2D eigenvalue weighted by molar-refractivity contribution is 5.89. The number of likely N-dealkylation sites (tertiary alicyclic amines) is 1. The number of hydrogen-bond donors (Lipinski definition) is 1. The molecule has 1 N–H and O–H groups in total. The Labute approximate surface area is 153 Å². The molecule has 1 saturated heterocycles. The van der Waals surface area contributed by atoms with Gasteiger partial charge in [-0.1, -0.05) is 5.16 Å². The standard InChI is InChI=1S/C18H26N6O2/c1-13-9-15(11-19-10-13)21-18(25)24-7-4-5-16(6-8-24)23(3)12-17-20-14(2)26-22-17/h9-11,16H,4-8,12H2,1-3H3,(H,21,25). The van der Waals surface area contributed by atoms with Crippen LogP contribution in [-0.2, 0) is 6.54 Å². The Balaban J connectivity index is 1.53. The van der Waals surface area contributed by atoms with E-state index in [1.807, 2.05) is 17.9 Å². The van der Waals surface area contributed by atoms with Crippen molar-refractivity contribution in [2.24, 2.45) is 0 Å². The average molecular weight is 358 g/mol. The molecule has 0 radical (unpaired) electrons. The zero-order chi connectivity index (χ0) is 18.5. The van der Waals surface area contributed by atoms with E-state index >= 15 is 0 Å². The number of hydrogen-bond acceptors (Lipinski definition) is 6. The number of aryl methyl sites for hydroxylation is 2. The molecule has 2 amide bonds. The van der Waals surface area contributed by atoms with Crippen LogP contribution in [0, 0.1) is 13.8 Å². The number of aromatic nitrogens is 3. The van der Waals surface area contributed by atoms with Crippen LogP contribution >= 0.6 is 0 Å². The monoisotopic (exact) mass is 358 g/mol. The summed E-state index contributed by atoms with van der Waals surface area (Å²) >= 11 is 0. The van der Waals surface area contributed by atoms with Crippen molar-refractivity contribution in [3.05, 3.63) is 35.7 Å². The maximum absolute atomic E-state index is 12.5. The Bertz CT molecular complexity index is 747. The predicted molar refractivity (Wildman–Crippen MR) is 97.7 cm³/mol. The van der Waals surface area contributed by atoms with E-state index in [1.165, 1.54) is 0 Å². The van der Waals surface area contributed by atoms with Gasteiger partial charge in [-0.15, -0.1) is 0 Å². The van der Waals surface area contributed by atoms with Gasteiger partial charge in [0.05, 0.1) is 18.4 Å². The zero-order valence-electron chi connectivity index (χ0n) is 15.6. The molecule has 0 aromatic carbocycles. The summed E-state index contributed by atoms with van der Waals surface area (Å²) in [6, 6.07) is 2.26. The lowest BCUT2D eigenvalue weighted by Gasteiger charge is -2.26. The number of carbonyl (C=O) groups is 1. The summed E-state index contributed by atoms with van der Waals surface area (Å²) in [5.41, 5.74) is 1.76. The minimum atomic E-state index is -0.0607. The van der Waals surface area contributed by atoms with Crippen LogP contribution in [0.2, 0.25) is 0 Å². The predicted octanol–water partition coefficient (Wildman–Crippen LogP) is 2.60. The van der Waals surface area contributed by atoms with Crippen LogP contribution < -0.4 is 5.32 Å². The fraction of sp³-hybridized carbons (Fsp3) is 0.556. The van der Waals surface area contributed by atoms with Gasteiger partial charge >= 0.3 is 6.03 Å². The van der Waals surface area contributed by atoms with Gasteiger partial charge in [0.1, 0.15) is 0 Å². The van der Waals surface area contributed by atoms with Crippen LogP contribution in [0.5, 0.6) is 0 Å². The fourth-order valence-corrected chi connectivity index (χ4v) is 3.31. The fourth-order valence-electron chi connectivity index (χ4n) is 3.31. The van der Waals surface area contributed by atoms with Gasteiger partial charge in [-0.2, -0.15) is 4.98 Å². The number of urea groups is 1. The van der Waals surface area contributed by atoms with Crippen molar-refractivity contribution in [1.82, 2.24) is 24.9 Å². The Morgan fingerprint density at radius 3 is 2.92 bits per heavy atom. The second-order valence-corrected chi connectivity index (χ2v) is 6.90. The number of anilines is 1. The lowest BCUT2D eigenvalue weighted by molar-refractivity contribution is 0.197. The van der Waals surface area contributed by atoms with Gasteiger partial charge in [0.15, 0.2) is 5.82 Å². The molecule has 0 aliphatic carbocycles. The number of pyridine rings is 1. The number of rotatable bonds is 4. The lowest BCUT2D eigenvalue weighted by Crippen LogP contribution is -2.37. The molecular formula is C18H26N6O2. The van der Waals surface area contributed by atoms with Crippen LogP contribution in [0.25, 0.3) is 0 Å². The molecule has 0 spiro atoms. The van der Waals surface area contributed by atoms with Gasteiger partial charge in [-0.3, -0.25) is 9.88 Å². The second-order valence-electron chi connectivity index (χ2n) is 6.90. The third-order valence-corrected chi connectivity index (χ3v) is 4.69. The molecule has 0 saturated carbocycles. The van der Waals surface area contributed by atoms with Crippen LogP contribution in [0.3, 0.4) is 0 Å². The molecule has 2 aromatic heterocycles. The molecule has 1 atom stereocenters. The molecule has 1 fully saturated rings. The molecule has 3 heterocycles. The van der Waals surface area contributed by atoms with Gasteiger partial charge in [-0.25, -0.2) is 4.79 Å². The highest BCUT2D eigenvalue weighted by Gasteiger charge is 2.24. The molecule has 0 bridgehead atoms. The summed E-state index contributed by atoms with van der Waals surface area (Å²) in [6.45, 7) is 5.90. The topological polar surface area (TPSA) is 87.4 Å². The van der Waals surface area contributed by atoms with E-state index in [4.69, 9.17) is 4.52 Å². The number of nitrogens with zero attached hydrogens (tertiary/aromatic N) is 5. The van der Waals surface area contributed by atoms with Gasteiger partial charge < -0.3 is 14.7 Å². The van der Waals surface area contributed by atoms with Crippen molar-refractivity contribution >= 4 is 11.7 Å². The SMILES string of the molecule is Cc1cncc(NC(=O)N2CCCC(N(C)Cc3noc(C)n3)CC2)c1. The third kappa shape index (κ3) is 4.78. The van der Waals surface area contributed by atoms with E-state index in [-0.39, 0.29) is 6.03 Å². The van der Waals surface area contributed by atoms with Crippen LogP contribution in [0.1, 0.15) is 36.5 Å². The van der Waals surface area contributed by atoms with E-state index in [0.29, 0.717) is 24.3 Å². The molecular weight excluding hydrogens is 332 g/mol. The van der Waals surface area contributed by atoms with Crippen molar-refractivity contribution in [1.29, 1.82) is 0 Å². The summed E-state index contributed by atoms with van der Waals surface area (Å²) in [4.78, 5) is 25.1. The second kappa shape index (κ2) is 8.27. The van der Waals surface area contributed by atoms with E-state index in [2.05, 4.69) is 32.4 Å². The van der Waals surface area contributed by atoms with Crippen LogP contribution in [-0.4, -0.2) is 57.1 Å². The maximum atomic E-state index is 12.5. The summed E-state index contributed by atoms with van der Waals surface area (Å²) < 4.78 is 5.04. The normalized spacial score (nSPS) is 18.0. The number of nitrogens with one attached hydrogen (secondary N) is 1. The van der Waals surface area contributed by atoms with Gasteiger partial charge in [-0.05, 0) is 44.9 Å². The van der Waals surface area contributed by atoms with Crippen molar-refractivity contribution in [3.8, 4) is 0 Å². The van der Waals surface area contributed by atoms with Crippen LogP contribution in [0.15, 0.2) is 23.0 Å². The number of amides is 2. The molecule has 140 valence electrons. The minimum Gasteiger partial charge on any atom is -0.340 e. The summed E-state index contributed by atoms with van der Waals surface area (Å²) in [5.74, 6) is 1.29. The summed E-state index contributed by atoms with van der Waals surface area (Å²) in [7, 11) is 2.07. The molecule has 26 heavy (non-hydrogen) atoms. The smallest absolute Gasteiger partial charge is 0.321 e. The van der Waals surface area contributed by atoms with Crippen molar-refractivity contribution < 1.29 is 9.32 Å². The first-order valence-electron chi connectivity index (χ1n) is 8.98. The largest absolute Gasteiger partial charge is 0.340 e. The van der Waals surface area contributed by atoms with E-state index in [0.717, 1.165) is 43.6 Å². The van der Waals surface area contributed by atoms with Gasteiger partial charge in [0.2, 0.25) is 5.89 Å². The highest BCUT2D eigenvalue weighted by Crippen LogP contribution is 2.18. The van der Waals surface area contributed by atoms with E-state index in [1.54, 1.807) is 19.3 Å². The maximum Gasteiger partial charge on any atom is 0.321 e. The Morgan fingerprint density at radius 1 is 1.35 bits per heavy atom. The summed E-state index contributed by atoms with van der Waals surface area (Å²) in [5, 5.41) is 6.91. The van der Waals surface area contributed by atoms with Crippen LogP contribution in [0.4, 0.5) is 10.5 Å². The first-order valence-corrected chi connectivity index (χ1v) is 8.98. The quantitative estimate of drug-likeness (QED) is 0.904. The Morgan fingerprint density at radius 2 is 2.19 bits per heavy atom. The van der Waals surface area contributed by atoms with Crippen molar-refractivity contribution in [2.45, 2.75) is 45.7 Å². The molecule has 2 aromatic rings. The third-order valence-electron chi connectivity index (χ3n) is 4.69. The lowest BCUT2D eigenvalue weighted by atomic mass is 10.1. The Hall–Kier alpha value is -2.48. The molecule has 3 rings (SSSR count).